The van der Waals surface area contributed by atoms with Crippen molar-refractivity contribution < 1.29 is 4.39 Å². The standard InChI is InChI=1S/C11H11FN2S/c1-7(13)10-6-14-11(15-10)8-2-4-9(12)5-3-8/h2-7H,13H2,1H3. The van der Waals surface area contributed by atoms with Crippen molar-refractivity contribution in [2.45, 2.75) is 13.0 Å². The van der Waals surface area contributed by atoms with Gasteiger partial charge in [0.1, 0.15) is 10.8 Å². The first-order valence-corrected chi connectivity index (χ1v) is 5.45. The van der Waals surface area contributed by atoms with Crippen LogP contribution < -0.4 is 5.73 Å². The molecule has 4 heteroatoms. The van der Waals surface area contributed by atoms with Crippen LogP contribution in [0.25, 0.3) is 10.6 Å². The molecule has 0 aliphatic rings. The zero-order valence-corrected chi connectivity index (χ0v) is 9.09. The van der Waals surface area contributed by atoms with Gasteiger partial charge in [-0.15, -0.1) is 11.3 Å². The van der Waals surface area contributed by atoms with Crippen molar-refractivity contribution in [3.05, 3.63) is 41.2 Å². The summed E-state index contributed by atoms with van der Waals surface area (Å²) in [5.41, 5.74) is 6.66. The summed E-state index contributed by atoms with van der Waals surface area (Å²) in [4.78, 5) is 5.29. The molecule has 0 bridgehead atoms. The van der Waals surface area contributed by atoms with Gasteiger partial charge < -0.3 is 5.73 Å². The van der Waals surface area contributed by atoms with E-state index >= 15 is 0 Å². The molecule has 2 rings (SSSR count). The third kappa shape index (κ3) is 2.22. The topological polar surface area (TPSA) is 38.9 Å². The van der Waals surface area contributed by atoms with Crippen LogP contribution >= 0.6 is 11.3 Å². The monoisotopic (exact) mass is 222 g/mol. The number of rotatable bonds is 2. The predicted molar refractivity (Wildman–Crippen MR) is 60.1 cm³/mol. The summed E-state index contributed by atoms with van der Waals surface area (Å²) in [6, 6.07) is 6.31. The molecule has 0 aliphatic heterocycles. The smallest absolute Gasteiger partial charge is 0.123 e. The van der Waals surface area contributed by atoms with E-state index in [-0.39, 0.29) is 11.9 Å². The number of hydrogen-bond donors (Lipinski definition) is 1. The molecule has 0 fully saturated rings. The van der Waals surface area contributed by atoms with Crippen LogP contribution in [0, 0.1) is 5.82 Å². The van der Waals surface area contributed by atoms with Gasteiger partial charge in [0.05, 0.1) is 0 Å². The molecule has 1 unspecified atom stereocenters. The first kappa shape index (κ1) is 10.3. The zero-order chi connectivity index (χ0) is 10.8. The van der Waals surface area contributed by atoms with Crippen molar-refractivity contribution in [1.82, 2.24) is 4.98 Å². The summed E-state index contributed by atoms with van der Waals surface area (Å²) in [5.74, 6) is -0.234. The SMILES string of the molecule is CC(N)c1cnc(-c2ccc(F)cc2)s1. The molecular formula is C11H11FN2S. The fourth-order valence-corrected chi connectivity index (χ4v) is 2.10. The number of thiazole rings is 1. The normalized spacial score (nSPS) is 12.7. The van der Waals surface area contributed by atoms with Crippen LogP contribution in [0.4, 0.5) is 4.39 Å². The largest absolute Gasteiger partial charge is 0.323 e. The van der Waals surface area contributed by atoms with Crippen LogP contribution in [-0.2, 0) is 0 Å². The van der Waals surface area contributed by atoms with E-state index in [0.717, 1.165) is 15.4 Å². The number of benzene rings is 1. The highest BCUT2D eigenvalue weighted by molar-refractivity contribution is 7.15. The second-order valence-corrected chi connectivity index (χ2v) is 4.43. The van der Waals surface area contributed by atoms with Crippen molar-refractivity contribution in [1.29, 1.82) is 0 Å². The highest BCUT2D eigenvalue weighted by Gasteiger charge is 2.07. The summed E-state index contributed by atoms with van der Waals surface area (Å²) in [6.45, 7) is 1.92. The van der Waals surface area contributed by atoms with E-state index in [9.17, 15) is 4.39 Å². The molecular weight excluding hydrogens is 211 g/mol. The number of nitrogens with two attached hydrogens (primary N) is 1. The van der Waals surface area contributed by atoms with Gasteiger partial charge >= 0.3 is 0 Å². The van der Waals surface area contributed by atoms with Gasteiger partial charge in [-0.1, -0.05) is 0 Å². The lowest BCUT2D eigenvalue weighted by molar-refractivity contribution is 0.628. The summed E-state index contributed by atoms with van der Waals surface area (Å²) >= 11 is 1.54. The maximum Gasteiger partial charge on any atom is 0.123 e. The first-order chi connectivity index (χ1) is 7.16. The second-order valence-electron chi connectivity index (χ2n) is 3.36. The van der Waals surface area contributed by atoms with E-state index in [1.165, 1.54) is 12.1 Å². The molecule has 0 amide bonds. The molecule has 2 N–H and O–H groups in total. The van der Waals surface area contributed by atoms with E-state index in [1.54, 1.807) is 29.7 Å². The lowest BCUT2D eigenvalue weighted by atomic mass is 10.2. The van der Waals surface area contributed by atoms with Gasteiger partial charge in [-0.3, -0.25) is 0 Å². The number of nitrogens with zero attached hydrogens (tertiary/aromatic N) is 1. The summed E-state index contributed by atoms with van der Waals surface area (Å²) in [7, 11) is 0. The predicted octanol–water partition coefficient (Wildman–Crippen LogP) is 2.97. The molecule has 0 saturated heterocycles. The number of aromatic nitrogens is 1. The Bertz CT molecular complexity index is 448. The Kier molecular flexibility index (Phi) is 2.79. The average Bonchev–Trinajstić information content (AvgIpc) is 2.68. The maximum absolute atomic E-state index is 12.7. The van der Waals surface area contributed by atoms with Crippen molar-refractivity contribution in [2.75, 3.05) is 0 Å². The summed E-state index contributed by atoms with van der Waals surface area (Å²) < 4.78 is 12.7. The highest BCUT2D eigenvalue weighted by Crippen LogP contribution is 2.27. The van der Waals surface area contributed by atoms with Crippen molar-refractivity contribution >= 4 is 11.3 Å². The fourth-order valence-electron chi connectivity index (χ4n) is 1.22. The Morgan fingerprint density at radius 2 is 2.00 bits per heavy atom. The minimum Gasteiger partial charge on any atom is -0.323 e. The molecule has 0 spiro atoms. The molecule has 0 radical (unpaired) electrons. The van der Waals surface area contributed by atoms with Gasteiger partial charge in [-0.05, 0) is 31.2 Å². The van der Waals surface area contributed by atoms with Gasteiger partial charge in [0.15, 0.2) is 0 Å². The molecule has 1 aromatic heterocycles. The van der Waals surface area contributed by atoms with E-state index in [2.05, 4.69) is 4.98 Å². The Morgan fingerprint density at radius 1 is 1.33 bits per heavy atom. The van der Waals surface area contributed by atoms with Crippen LogP contribution in [0.15, 0.2) is 30.5 Å². The molecule has 2 nitrogen and oxygen atoms in total. The molecule has 0 aliphatic carbocycles. The van der Waals surface area contributed by atoms with Crippen molar-refractivity contribution in [3.8, 4) is 10.6 Å². The average molecular weight is 222 g/mol. The van der Waals surface area contributed by atoms with Gasteiger partial charge in [0, 0.05) is 22.7 Å². The van der Waals surface area contributed by atoms with Gasteiger partial charge in [0.25, 0.3) is 0 Å². The summed E-state index contributed by atoms with van der Waals surface area (Å²) in [6.07, 6.45) is 1.77. The zero-order valence-electron chi connectivity index (χ0n) is 8.27. The van der Waals surface area contributed by atoms with Crippen molar-refractivity contribution in [3.63, 3.8) is 0 Å². The number of hydrogen-bond acceptors (Lipinski definition) is 3. The van der Waals surface area contributed by atoms with Crippen molar-refractivity contribution in [2.24, 2.45) is 5.73 Å². The number of halogens is 1. The van der Waals surface area contributed by atoms with E-state index in [1.807, 2.05) is 6.92 Å². The lowest BCUT2D eigenvalue weighted by Crippen LogP contribution is -2.01. The minimum absolute atomic E-state index is 0.00306. The van der Waals surface area contributed by atoms with Gasteiger partial charge in [0.2, 0.25) is 0 Å². The molecule has 2 aromatic rings. The summed E-state index contributed by atoms with van der Waals surface area (Å²) in [5, 5.41) is 0.877. The lowest BCUT2D eigenvalue weighted by Gasteiger charge is -1.97. The third-order valence-electron chi connectivity index (χ3n) is 2.06. The Balaban J connectivity index is 2.33. The Labute approximate surface area is 91.6 Å². The Hall–Kier alpha value is -1.26. The van der Waals surface area contributed by atoms with E-state index < -0.39 is 0 Å². The maximum atomic E-state index is 12.7. The van der Waals surface area contributed by atoms with Crippen LogP contribution in [0.5, 0.6) is 0 Å². The quantitative estimate of drug-likeness (QED) is 0.848. The van der Waals surface area contributed by atoms with E-state index in [4.69, 9.17) is 5.73 Å². The second kappa shape index (κ2) is 4.08. The van der Waals surface area contributed by atoms with E-state index in [0.29, 0.717) is 0 Å². The third-order valence-corrected chi connectivity index (χ3v) is 3.31. The van der Waals surface area contributed by atoms with Gasteiger partial charge in [-0.25, -0.2) is 9.37 Å². The molecule has 78 valence electrons. The first-order valence-electron chi connectivity index (χ1n) is 4.64. The molecule has 15 heavy (non-hydrogen) atoms. The van der Waals surface area contributed by atoms with Crippen LogP contribution in [0.2, 0.25) is 0 Å². The molecule has 0 saturated carbocycles. The highest BCUT2D eigenvalue weighted by atomic mass is 32.1. The molecule has 1 heterocycles. The Morgan fingerprint density at radius 3 is 2.53 bits per heavy atom. The van der Waals surface area contributed by atoms with Crippen LogP contribution in [-0.4, -0.2) is 4.98 Å². The fraction of sp³-hybridized carbons (Fsp3) is 0.182. The van der Waals surface area contributed by atoms with Gasteiger partial charge in [-0.2, -0.15) is 0 Å². The van der Waals surface area contributed by atoms with Crippen LogP contribution in [0.3, 0.4) is 0 Å². The molecule has 1 aromatic carbocycles. The minimum atomic E-state index is -0.234. The van der Waals surface area contributed by atoms with Crippen LogP contribution in [0.1, 0.15) is 17.8 Å². The molecule has 1 atom stereocenters.